The van der Waals surface area contributed by atoms with Crippen LogP contribution in [0.1, 0.15) is 5.56 Å². The second-order valence-electron chi connectivity index (χ2n) is 4.17. The first-order chi connectivity index (χ1) is 9.67. The normalized spacial score (nSPS) is 10.9. The van der Waals surface area contributed by atoms with E-state index < -0.39 is 0 Å². The minimum absolute atomic E-state index is 0.106. The van der Waals surface area contributed by atoms with Crippen molar-refractivity contribution < 1.29 is 4.74 Å². The van der Waals surface area contributed by atoms with Crippen LogP contribution in [0.5, 0.6) is 5.75 Å². The van der Waals surface area contributed by atoms with E-state index in [0.29, 0.717) is 22.7 Å². The summed E-state index contributed by atoms with van der Waals surface area (Å²) in [6, 6.07) is 7.74. The van der Waals surface area contributed by atoms with E-state index in [-0.39, 0.29) is 5.28 Å². The van der Waals surface area contributed by atoms with Gasteiger partial charge < -0.3 is 4.74 Å². The summed E-state index contributed by atoms with van der Waals surface area (Å²) in [5.41, 5.74) is 1.65. The van der Waals surface area contributed by atoms with Crippen molar-refractivity contribution in [3.63, 3.8) is 0 Å². The lowest BCUT2D eigenvalue weighted by Crippen LogP contribution is -2.03. The molecule has 1 aromatic carbocycles. The van der Waals surface area contributed by atoms with E-state index in [9.17, 15) is 0 Å². The molecule has 0 saturated carbocycles. The van der Waals surface area contributed by atoms with Gasteiger partial charge in [0.05, 0.1) is 25.2 Å². The monoisotopic (exact) mass is 308 g/mol. The number of aromatic nitrogens is 4. The maximum Gasteiger partial charge on any atom is 0.225 e. The molecule has 0 fully saturated rings. The highest BCUT2D eigenvalue weighted by Crippen LogP contribution is 2.22. The summed E-state index contributed by atoms with van der Waals surface area (Å²) in [4.78, 5) is 8.07. The topological polar surface area (TPSA) is 52.8 Å². The molecule has 5 nitrogen and oxygen atoms in total. The lowest BCUT2D eigenvalue weighted by Gasteiger charge is -2.06. The molecule has 0 aliphatic carbocycles. The van der Waals surface area contributed by atoms with Crippen molar-refractivity contribution in [3.8, 4) is 5.75 Å². The maximum atomic E-state index is 6.02. The van der Waals surface area contributed by atoms with Crippen LogP contribution < -0.4 is 4.74 Å². The van der Waals surface area contributed by atoms with Crippen LogP contribution in [-0.2, 0) is 6.54 Å². The Morgan fingerprint density at radius 2 is 2.10 bits per heavy atom. The van der Waals surface area contributed by atoms with Crippen molar-refractivity contribution >= 4 is 34.2 Å². The van der Waals surface area contributed by atoms with Crippen LogP contribution in [0.15, 0.2) is 30.5 Å². The fraction of sp³-hybridized carbons (Fsp3) is 0.154. The Labute approximate surface area is 125 Å². The number of methoxy groups -OCH3 is 1. The van der Waals surface area contributed by atoms with Crippen molar-refractivity contribution in [3.05, 3.63) is 46.5 Å². The molecule has 0 aliphatic rings. The molecule has 20 heavy (non-hydrogen) atoms. The summed E-state index contributed by atoms with van der Waals surface area (Å²) in [6.45, 7) is 0.546. The van der Waals surface area contributed by atoms with Crippen LogP contribution in [-0.4, -0.2) is 26.9 Å². The molecule has 102 valence electrons. The van der Waals surface area contributed by atoms with Crippen molar-refractivity contribution in [2.24, 2.45) is 0 Å². The summed E-state index contributed by atoms with van der Waals surface area (Å²) < 4.78 is 6.93. The van der Waals surface area contributed by atoms with Gasteiger partial charge in [-0.05, 0) is 29.3 Å². The first-order valence-corrected chi connectivity index (χ1v) is 6.60. The molecule has 0 bridgehead atoms. The van der Waals surface area contributed by atoms with E-state index in [4.69, 9.17) is 27.9 Å². The molecule has 0 saturated heterocycles. The second kappa shape index (κ2) is 5.26. The summed E-state index contributed by atoms with van der Waals surface area (Å²) in [5.74, 6) is 0.796. The number of halogens is 2. The molecule has 2 aromatic heterocycles. The zero-order chi connectivity index (χ0) is 14.1. The van der Waals surface area contributed by atoms with Gasteiger partial charge in [0.2, 0.25) is 5.28 Å². The molecule has 0 unspecified atom stereocenters. The minimum atomic E-state index is 0.106. The lowest BCUT2D eigenvalue weighted by molar-refractivity contribution is 0.414. The SMILES string of the molecule is COc1cccc(Cn2ncc3c(Cl)nc(Cl)nc32)c1. The molecular weight excluding hydrogens is 299 g/mol. The third-order valence-electron chi connectivity index (χ3n) is 2.89. The highest BCUT2D eigenvalue weighted by Gasteiger charge is 2.11. The van der Waals surface area contributed by atoms with Gasteiger partial charge in [-0.1, -0.05) is 23.7 Å². The fourth-order valence-electron chi connectivity index (χ4n) is 1.96. The Hall–Kier alpha value is -1.85. The molecule has 3 aromatic rings. The molecule has 0 N–H and O–H groups in total. The van der Waals surface area contributed by atoms with Crippen LogP contribution in [0, 0.1) is 0 Å². The first-order valence-electron chi connectivity index (χ1n) is 5.85. The quantitative estimate of drug-likeness (QED) is 0.551. The Morgan fingerprint density at radius 3 is 2.90 bits per heavy atom. The van der Waals surface area contributed by atoms with E-state index >= 15 is 0 Å². The number of nitrogens with zero attached hydrogens (tertiary/aromatic N) is 4. The molecule has 3 rings (SSSR count). The number of hydrogen-bond acceptors (Lipinski definition) is 4. The highest BCUT2D eigenvalue weighted by atomic mass is 35.5. The van der Waals surface area contributed by atoms with Gasteiger partial charge in [-0.25, -0.2) is 9.67 Å². The molecule has 2 heterocycles. The summed E-state index contributed by atoms with van der Waals surface area (Å²) in [5, 5.41) is 5.37. The third kappa shape index (κ3) is 2.42. The predicted octanol–water partition coefficient (Wildman–Crippen LogP) is 3.19. The van der Waals surface area contributed by atoms with E-state index in [1.165, 1.54) is 0 Å². The predicted molar refractivity (Wildman–Crippen MR) is 77.4 cm³/mol. The first kappa shape index (κ1) is 13.1. The third-order valence-corrected chi connectivity index (χ3v) is 3.35. The van der Waals surface area contributed by atoms with Crippen molar-refractivity contribution in [2.75, 3.05) is 7.11 Å². The van der Waals surface area contributed by atoms with Crippen molar-refractivity contribution in [1.29, 1.82) is 0 Å². The van der Waals surface area contributed by atoms with E-state index in [1.54, 1.807) is 18.0 Å². The van der Waals surface area contributed by atoms with Crippen molar-refractivity contribution in [2.45, 2.75) is 6.54 Å². The van der Waals surface area contributed by atoms with Gasteiger partial charge in [0.1, 0.15) is 10.9 Å². The van der Waals surface area contributed by atoms with E-state index in [2.05, 4.69) is 15.1 Å². The van der Waals surface area contributed by atoms with Gasteiger partial charge in [0, 0.05) is 0 Å². The molecule has 0 spiro atoms. The van der Waals surface area contributed by atoms with Crippen LogP contribution in [0.2, 0.25) is 10.4 Å². The van der Waals surface area contributed by atoms with Gasteiger partial charge in [-0.2, -0.15) is 10.1 Å². The molecule has 7 heteroatoms. The largest absolute Gasteiger partial charge is 0.497 e. The maximum absolute atomic E-state index is 6.02. The number of rotatable bonds is 3. The zero-order valence-electron chi connectivity index (χ0n) is 10.5. The Morgan fingerprint density at radius 1 is 1.25 bits per heavy atom. The van der Waals surface area contributed by atoms with E-state index in [1.807, 2.05) is 24.3 Å². The molecule has 0 amide bonds. The number of ether oxygens (including phenoxy) is 1. The smallest absolute Gasteiger partial charge is 0.225 e. The minimum Gasteiger partial charge on any atom is -0.497 e. The molecule has 0 aliphatic heterocycles. The van der Waals surface area contributed by atoms with Crippen LogP contribution in [0.4, 0.5) is 0 Å². The van der Waals surface area contributed by atoms with Gasteiger partial charge in [0.15, 0.2) is 5.65 Å². The summed E-state index contributed by atoms with van der Waals surface area (Å²) in [7, 11) is 1.63. The molecule has 0 radical (unpaired) electrons. The number of hydrogen-bond donors (Lipinski definition) is 0. The van der Waals surface area contributed by atoms with Gasteiger partial charge in [0.25, 0.3) is 0 Å². The van der Waals surface area contributed by atoms with Gasteiger partial charge in [-0.15, -0.1) is 0 Å². The average molecular weight is 309 g/mol. The fourth-order valence-corrected chi connectivity index (χ4v) is 2.38. The number of fused-ring (bicyclic) bond motifs is 1. The average Bonchev–Trinajstić information content (AvgIpc) is 2.82. The Balaban J connectivity index is 2.02. The zero-order valence-corrected chi connectivity index (χ0v) is 12.1. The molecular formula is C13H10Cl2N4O. The van der Waals surface area contributed by atoms with Crippen LogP contribution >= 0.6 is 23.2 Å². The number of benzene rings is 1. The standard InChI is InChI=1S/C13H10Cl2N4O/c1-20-9-4-2-3-8(5-9)7-19-12-10(6-16-19)11(14)17-13(15)18-12/h2-6H,7H2,1H3. The lowest BCUT2D eigenvalue weighted by atomic mass is 10.2. The molecule has 0 atom stereocenters. The van der Waals surface area contributed by atoms with Gasteiger partial charge >= 0.3 is 0 Å². The Bertz CT molecular complexity index is 772. The van der Waals surface area contributed by atoms with E-state index in [0.717, 1.165) is 11.3 Å². The van der Waals surface area contributed by atoms with Crippen LogP contribution in [0.25, 0.3) is 11.0 Å². The second-order valence-corrected chi connectivity index (χ2v) is 4.87. The summed E-state index contributed by atoms with van der Waals surface area (Å²) >= 11 is 11.9. The van der Waals surface area contributed by atoms with Gasteiger partial charge in [-0.3, -0.25) is 0 Å². The highest BCUT2D eigenvalue weighted by molar-refractivity contribution is 6.35. The van der Waals surface area contributed by atoms with Crippen LogP contribution in [0.3, 0.4) is 0 Å². The van der Waals surface area contributed by atoms with Crippen molar-refractivity contribution in [1.82, 2.24) is 19.7 Å². The summed E-state index contributed by atoms with van der Waals surface area (Å²) in [6.07, 6.45) is 1.63. The Kier molecular flexibility index (Phi) is 3.46.